The van der Waals surface area contributed by atoms with Gasteiger partial charge in [-0.1, -0.05) is 34.1 Å². The van der Waals surface area contributed by atoms with Crippen LogP contribution in [0.5, 0.6) is 0 Å². The number of piperazine rings is 1. The van der Waals surface area contributed by atoms with Crippen LogP contribution in [0.2, 0.25) is 0 Å². The van der Waals surface area contributed by atoms with Gasteiger partial charge in [0, 0.05) is 32.2 Å². The molecular weight excluding hydrogens is 250 g/mol. The van der Waals surface area contributed by atoms with Crippen LogP contribution in [0, 0.1) is 11.8 Å². The van der Waals surface area contributed by atoms with Crippen molar-refractivity contribution in [2.45, 2.75) is 53.2 Å². The van der Waals surface area contributed by atoms with E-state index in [1.807, 2.05) is 0 Å². The predicted octanol–water partition coefficient (Wildman–Crippen LogP) is 1.75. The summed E-state index contributed by atoms with van der Waals surface area (Å²) < 4.78 is 2.07. The summed E-state index contributed by atoms with van der Waals surface area (Å²) in [6, 6.07) is 0.609. The monoisotopic (exact) mass is 279 g/mol. The third kappa shape index (κ3) is 3.79. The van der Waals surface area contributed by atoms with Crippen LogP contribution in [-0.4, -0.2) is 45.3 Å². The van der Waals surface area contributed by atoms with Crippen molar-refractivity contribution < 1.29 is 0 Å². The van der Waals surface area contributed by atoms with Crippen LogP contribution in [0.1, 0.15) is 39.9 Å². The van der Waals surface area contributed by atoms with E-state index in [2.05, 4.69) is 52.7 Å². The van der Waals surface area contributed by atoms with E-state index in [0.29, 0.717) is 17.9 Å². The molecule has 1 aromatic heterocycles. The largest absolute Gasteiger partial charge is 0.314 e. The van der Waals surface area contributed by atoms with Crippen molar-refractivity contribution >= 4 is 0 Å². The third-order valence-corrected chi connectivity index (χ3v) is 4.28. The molecule has 1 fully saturated rings. The second-order valence-electron chi connectivity index (χ2n) is 6.38. The van der Waals surface area contributed by atoms with E-state index in [4.69, 9.17) is 0 Å². The van der Waals surface area contributed by atoms with Crippen LogP contribution >= 0.6 is 0 Å². The summed E-state index contributed by atoms with van der Waals surface area (Å²) in [5, 5.41) is 7.90. The molecule has 2 rings (SSSR count). The first-order chi connectivity index (χ1) is 9.61. The van der Waals surface area contributed by atoms with Gasteiger partial charge in [-0.25, -0.2) is 9.67 Å². The predicted molar refractivity (Wildman–Crippen MR) is 81.4 cm³/mol. The summed E-state index contributed by atoms with van der Waals surface area (Å²) in [4.78, 5) is 7.05. The Morgan fingerprint density at radius 3 is 2.90 bits per heavy atom. The molecule has 1 aromatic rings. The Morgan fingerprint density at radius 2 is 2.20 bits per heavy atom. The number of hydrogen-bond donors (Lipinski definition) is 1. The topological polar surface area (TPSA) is 46.0 Å². The molecule has 2 heterocycles. The second kappa shape index (κ2) is 7.18. The van der Waals surface area contributed by atoms with E-state index in [-0.39, 0.29) is 0 Å². The first-order valence-corrected chi connectivity index (χ1v) is 7.93. The molecule has 5 nitrogen and oxygen atoms in total. The highest BCUT2D eigenvalue weighted by Crippen LogP contribution is 2.18. The van der Waals surface area contributed by atoms with Gasteiger partial charge in [0.15, 0.2) is 0 Å². The van der Waals surface area contributed by atoms with Crippen LogP contribution in [0.3, 0.4) is 0 Å². The molecule has 1 aliphatic rings. The van der Waals surface area contributed by atoms with Gasteiger partial charge in [0.1, 0.15) is 12.2 Å². The van der Waals surface area contributed by atoms with Crippen molar-refractivity contribution in [1.29, 1.82) is 0 Å². The molecule has 0 amide bonds. The first-order valence-electron chi connectivity index (χ1n) is 7.93. The lowest BCUT2D eigenvalue weighted by atomic mass is 9.96. The van der Waals surface area contributed by atoms with Crippen LogP contribution < -0.4 is 5.32 Å². The van der Waals surface area contributed by atoms with Gasteiger partial charge in [-0.3, -0.25) is 4.90 Å². The molecule has 1 saturated heterocycles. The molecule has 0 aromatic carbocycles. The zero-order valence-electron chi connectivity index (χ0n) is 13.3. The summed E-state index contributed by atoms with van der Waals surface area (Å²) in [5.74, 6) is 2.42. The van der Waals surface area contributed by atoms with Crippen LogP contribution in [0.15, 0.2) is 6.33 Å². The lowest BCUT2D eigenvalue weighted by Gasteiger charge is -2.39. The first kappa shape index (κ1) is 15.4. The molecule has 0 radical (unpaired) electrons. The highest BCUT2D eigenvalue weighted by Gasteiger charge is 2.27. The maximum Gasteiger partial charge on any atom is 0.141 e. The molecule has 2 atom stereocenters. The summed E-state index contributed by atoms with van der Waals surface area (Å²) in [5.41, 5.74) is 0. The Morgan fingerprint density at radius 1 is 1.40 bits per heavy atom. The molecular formula is C15H29N5. The average molecular weight is 279 g/mol. The van der Waals surface area contributed by atoms with Gasteiger partial charge in [-0.05, 0) is 11.8 Å². The molecule has 1 N–H and O–H groups in total. The number of rotatable bonds is 6. The molecule has 0 saturated carbocycles. The third-order valence-electron chi connectivity index (χ3n) is 4.28. The van der Waals surface area contributed by atoms with Crippen LogP contribution in [0.4, 0.5) is 0 Å². The number of hydrogen-bond acceptors (Lipinski definition) is 4. The number of aromatic nitrogens is 3. The lowest BCUT2D eigenvalue weighted by Crippen LogP contribution is -2.53. The fourth-order valence-electron chi connectivity index (χ4n) is 2.89. The summed E-state index contributed by atoms with van der Waals surface area (Å²) in [6.07, 6.45) is 2.92. The molecule has 0 bridgehead atoms. The number of nitrogens with zero attached hydrogens (tertiary/aromatic N) is 4. The minimum atomic E-state index is 0.601. The fraction of sp³-hybridized carbons (Fsp3) is 0.867. The van der Waals surface area contributed by atoms with E-state index in [1.54, 1.807) is 6.33 Å². The van der Waals surface area contributed by atoms with Crippen molar-refractivity contribution in [2.75, 3.05) is 19.6 Å². The van der Waals surface area contributed by atoms with Gasteiger partial charge in [-0.2, -0.15) is 5.10 Å². The summed E-state index contributed by atoms with van der Waals surface area (Å²) >= 11 is 0. The van der Waals surface area contributed by atoms with E-state index in [9.17, 15) is 0 Å². The molecule has 1 aliphatic heterocycles. The Labute approximate surface area is 122 Å². The second-order valence-corrected chi connectivity index (χ2v) is 6.38. The van der Waals surface area contributed by atoms with Crippen molar-refractivity contribution in [1.82, 2.24) is 25.0 Å². The standard InChI is InChI=1S/C15H29N5/c1-5-13(4)14-8-16-6-7-19(14)10-15-17-11-18-20(15)9-12(2)3/h11-14,16H,5-10H2,1-4H3. The van der Waals surface area contributed by atoms with E-state index < -0.39 is 0 Å². The minimum Gasteiger partial charge on any atom is -0.314 e. The van der Waals surface area contributed by atoms with Gasteiger partial charge < -0.3 is 5.32 Å². The van der Waals surface area contributed by atoms with Gasteiger partial charge >= 0.3 is 0 Å². The quantitative estimate of drug-likeness (QED) is 0.862. The zero-order chi connectivity index (χ0) is 14.5. The molecule has 0 aliphatic carbocycles. The highest BCUT2D eigenvalue weighted by atomic mass is 15.4. The smallest absolute Gasteiger partial charge is 0.141 e. The normalized spacial score (nSPS) is 22.4. The Kier molecular flexibility index (Phi) is 5.54. The highest BCUT2D eigenvalue weighted by molar-refractivity contribution is 4.90. The molecule has 0 spiro atoms. The maximum absolute atomic E-state index is 4.47. The van der Waals surface area contributed by atoms with Gasteiger partial charge in [-0.15, -0.1) is 0 Å². The molecule has 2 unspecified atom stereocenters. The van der Waals surface area contributed by atoms with E-state index in [1.165, 1.54) is 6.42 Å². The number of nitrogens with one attached hydrogen (secondary N) is 1. The van der Waals surface area contributed by atoms with Crippen LogP contribution in [-0.2, 0) is 13.1 Å². The van der Waals surface area contributed by atoms with Crippen molar-refractivity contribution in [3.8, 4) is 0 Å². The van der Waals surface area contributed by atoms with Gasteiger partial charge in [0.05, 0.1) is 6.54 Å². The van der Waals surface area contributed by atoms with Gasteiger partial charge in [0.2, 0.25) is 0 Å². The molecule has 20 heavy (non-hydrogen) atoms. The minimum absolute atomic E-state index is 0.601. The lowest BCUT2D eigenvalue weighted by molar-refractivity contribution is 0.104. The van der Waals surface area contributed by atoms with Crippen molar-refractivity contribution in [3.63, 3.8) is 0 Å². The molecule has 5 heteroatoms. The van der Waals surface area contributed by atoms with Crippen molar-refractivity contribution in [2.24, 2.45) is 11.8 Å². The van der Waals surface area contributed by atoms with Crippen LogP contribution in [0.25, 0.3) is 0 Å². The Hall–Kier alpha value is -0.940. The molecule has 114 valence electrons. The Bertz CT molecular complexity index is 401. The zero-order valence-corrected chi connectivity index (χ0v) is 13.3. The summed E-state index contributed by atoms with van der Waals surface area (Å²) in [6.45, 7) is 14.2. The van der Waals surface area contributed by atoms with E-state index >= 15 is 0 Å². The fourth-order valence-corrected chi connectivity index (χ4v) is 2.89. The maximum atomic E-state index is 4.47. The van der Waals surface area contributed by atoms with Gasteiger partial charge in [0.25, 0.3) is 0 Å². The summed E-state index contributed by atoms with van der Waals surface area (Å²) in [7, 11) is 0. The average Bonchev–Trinajstić information content (AvgIpc) is 2.85. The SMILES string of the molecule is CCC(C)C1CNCCN1Cc1ncnn1CC(C)C. The Balaban J connectivity index is 2.05. The van der Waals surface area contributed by atoms with E-state index in [0.717, 1.165) is 38.5 Å². The van der Waals surface area contributed by atoms with Crippen molar-refractivity contribution in [3.05, 3.63) is 12.2 Å².